The maximum atomic E-state index is 11.0. The lowest BCUT2D eigenvalue weighted by Gasteiger charge is -2.29. The highest BCUT2D eigenvalue weighted by atomic mass is 16.6. The molecule has 62 valence electrons. The molecule has 1 aliphatic rings. The quantitative estimate of drug-likeness (QED) is 0.390. The summed E-state index contributed by atoms with van der Waals surface area (Å²) in [6.07, 6.45) is 0.588. The lowest BCUT2D eigenvalue weighted by molar-refractivity contribution is -0.176. The van der Waals surface area contributed by atoms with E-state index >= 15 is 0 Å². The first-order valence-electron chi connectivity index (χ1n) is 3.69. The fourth-order valence-corrected chi connectivity index (χ4v) is 1.26. The van der Waals surface area contributed by atoms with Crippen molar-refractivity contribution in [2.45, 2.75) is 27.2 Å². The van der Waals surface area contributed by atoms with Crippen LogP contribution < -0.4 is 0 Å². The predicted octanol–water partition coefficient (Wildman–Crippen LogP) is 1.12. The summed E-state index contributed by atoms with van der Waals surface area (Å²) in [7, 11) is 0. The van der Waals surface area contributed by atoms with Crippen molar-refractivity contribution in [3.63, 3.8) is 0 Å². The van der Waals surface area contributed by atoms with Crippen LogP contribution in [-0.4, -0.2) is 11.9 Å². The molecule has 11 heavy (non-hydrogen) atoms. The zero-order valence-electron chi connectivity index (χ0n) is 7.01. The van der Waals surface area contributed by atoms with Crippen molar-refractivity contribution in [2.24, 2.45) is 11.3 Å². The van der Waals surface area contributed by atoms with Gasteiger partial charge in [-0.1, -0.05) is 6.92 Å². The molecule has 1 aliphatic heterocycles. The number of hydrogen-bond acceptors (Lipinski definition) is 3. The molecule has 1 unspecified atom stereocenters. The fraction of sp³-hybridized carbons (Fsp3) is 0.750. The van der Waals surface area contributed by atoms with Gasteiger partial charge in [-0.25, -0.2) is 0 Å². The molecule has 1 fully saturated rings. The third-order valence-corrected chi connectivity index (χ3v) is 1.96. The van der Waals surface area contributed by atoms with Crippen LogP contribution in [0.25, 0.3) is 0 Å². The number of carbonyl (C=O) groups is 2. The van der Waals surface area contributed by atoms with Crippen LogP contribution in [0.2, 0.25) is 0 Å². The molecule has 0 spiro atoms. The van der Waals surface area contributed by atoms with Gasteiger partial charge in [-0.3, -0.25) is 9.59 Å². The van der Waals surface area contributed by atoms with E-state index in [2.05, 4.69) is 4.74 Å². The van der Waals surface area contributed by atoms with Crippen LogP contribution >= 0.6 is 0 Å². The topological polar surface area (TPSA) is 43.4 Å². The number of cyclic esters (lactones) is 2. The third kappa shape index (κ3) is 1.42. The average molecular weight is 156 g/mol. The minimum absolute atomic E-state index is 0.150. The van der Waals surface area contributed by atoms with Gasteiger partial charge in [-0.2, -0.15) is 0 Å². The zero-order chi connectivity index (χ0) is 8.65. The lowest BCUT2D eigenvalue weighted by Crippen LogP contribution is -2.39. The number of ether oxygens (including phenoxy) is 1. The number of carbonyl (C=O) groups excluding carboxylic acids is 2. The van der Waals surface area contributed by atoms with Crippen molar-refractivity contribution < 1.29 is 14.3 Å². The van der Waals surface area contributed by atoms with Gasteiger partial charge < -0.3 is 4.74 Å². The summed E-state index contributed by atoms with van der Waals surface area (Å²) in [5.74, 6) is -0.947. The van der Waals surface area contributed by atoms with Gasteiger partial charge in [-0.05, 0) is 20.3 Å². The van der Waals surface area contributed by atoms with Gasteiger partial charge in [0.05, 0.1) is 11.3 Å². The molecule has 1 rings (SSSR count). The normalized spacial score (nSPS) is 29.9. The predicted molar refractivity (Wildman–Crippen MR) is 38.7 cm³/mol. The van der Waals surface area contributed by atoms with Gasteiger partial charge in [0.15, 0.2) is 0 Å². The fourth-order valence-electron chi connectivity index (χ4n) is 1.26. The highest BCUT2D eigenvalue weighted by Crippen LogP contribution is 2.31. The first kappa shape index (κ1) is 8.24. The van der Waals surface area contributed by atoms with Crippen LogP contribution in [0.15, 0.2) is 0 Å². The number of hydrogen-bond donors (Lipinski definition) is 0. The molecule has 0 N–H and O–H groups in total. The Balaban J connectivity index is 2.79. The Hall–Kier alpha value is -0.860. The Morgan fingerprint density at radius 3 is 2.45 bits per heavy atom. The molecule has 0 amide bonds. The van der Waals surface area contributed by atoms with Crippen LogP contribution in [0.3, 0.4) is 0 Å². The highest BCUT2D eigenvalue weighted by Gasteiger charge is 2.40. The summed E-state index contributed by atoms with van der Waals surface area (Å²) in [6, 6.07) is 0. The SMILES string of the molecule is CC1CC(C)(C)C(=O)OC1=O. The maximum Gasteiger partial charge on any atom is 0.319 e. The summed E-state index contributed by atoms with van der Waals surface area (Å²) in [5.41, 5.74) is -0.493. The van der Waals surface area contributed by atoms with Gasteiger partial charge in [0.2, 0.25) is 0 Å². The molecule has 0 aromatic carbocycles. The Morgan fingerprint density at radius 1 is 1.45 bits per heavy atom. The second-order valence-corrected chi connectivity index (χ2v) is 3.70. The van der Waals surface area contributed by atoms with E-state index in [0.717, 1.165) is 0 Å². The molecule has 0 aliphatic carbocycles. The third-order valence-electron chi connectivity index (χ3n) is 1.96. The van der Waals surface area contributed by atoms with Crippen molar-refractivity contribution >= 4 is 11.9 Å². The van der Waals surface area contributed by atoms with Crippen LogP contribution in [-0.2, 0) is 14.3 Å². The summed E-state index contributed by atoms with van der Waals surface area (Å²) in [5, 5.41) is 0. The van der Waals surface area contributed by atoms with Gasteiger partial charge >= 0.3 is 11.9 Å². The van der Waals surface area contributed by atoms with Crippen LogP contribution in [0.4, 0.5) is 0 Å². The standard InChI is InChI=1S/C8H12O3/c1-5-4-8(2,3)7(10)11-6(5)9/h5H,4H2,1-3H3. The molecule has 0 radical (unpaired) electrons. The van der Waals surface area contributed by atoms with E-state index in [9.17, 15) is 9.59 Å². The Morgan fingerprint density at radius 2 is 2.00 bits per heavy atom. The van der Waals surface area contributed by atoms with Crippen LogP contribution in [0, 0.1) is 11.3 Å². The molecule has 0 aromatic rings. The molecule has 0 bridgehead atoms. The van der Waals surface area contributed by atoms with E-state index in [-0.39, 0.29) is 5.92 Å². The van der Waals surface area contributed by atoms with Crippen molar-refractivity contribution in [1.29, 1.82) is 0 Å². The largest absolute Gasteiger partial charge is 0.393 e. The van der Waals surface area contributed by atoms with Gasteiger partial charge in [0.25, 0.3) is 0 Å². The minimum atomic E-state index is -0.493. The van der Waals surface area contributed by atoms with Crippen LogP contribution in [0.1, 0.15) is 27.2 Å². The second-order valence-electron chi connectivity index (χ2n) is 3.70. The molecule has 3 nitrogen and oxygen atoms in total. The molecule has 1 saturated heterocycles. The lowest BCUT2D eigenvalue weighted by atomic mass is 9.81. The summed E-state index contributed by atoms with van der Waals surface area (Å²) < 4.78 is 4.54. The maximum absolute atomic E-state index is 11.0. The molecule has 1 atom stereocenters. The highest BCUT2D eigenvalue weighted by molar-refractivity contribution is 5.92. The zero-order valence-corrected chi connectivity index (χ0v) is 7.01. The van der Waals surface area contributed by atoms with E-state index in [1.807, 2.05) is 0 Å². The second kappa shape index (κ2) is 2.32. The van der Waals surface area contributed by atoms with Gasteiger partial charge in [0.1, 0.15) is 0 Å². The summed E-state index contributed by atoms with van der Waals surface area (Å²) in [6.45, 7) is 5.35. The molecule has 0 aromatic heterocycles. The van der Waals surface area contributed by atoms with Gasteiger partial charge in [-0.15, -0.1) is 0 Å². The number of rotatable bonds is 0. The molecule has 3 heteroatoms. The van der Waals surface area contributed by atoms with Crippen molar-refractivity contribution in [2.75, 3.05) is 0 Å². The molecule has 0 saturated carbocycles. The molecular weight excluding hydrogens is 144 g/mol. The first-order chi connectivity index (χ1) is 4.93. The summed E-state index contributed by atoms with van der Waals surface area (Å²) >= 11 is 0. The van der Waals surface area contributed by atoms with Crippen molar-refractivity contribution in [1.82, 2.24) is 0 Å². The van der Waals surface area contributed by atoms with E-state index in [4.69, 9.17) is 0 Å². The van der Waals surface area contributed by atoms with Crippen molar-refractivity contribution in [3.05, 3.63) is 0 Å². The number of esters is 2. The average Bonchev–Trinajstić information content (AvgIpc) is 1.83. The Labute approximate surface area is 65.7 Å². The Bertz CT molecular complexity index is 205. The first-order valence-corrected chi connectivity index (χ1v) is 3.69. The monoisotopic (exact) mass is 156 g/mol. The van der Waals surface area contributed by atoms with E-state index in [0.29, 0.717) is 6.42 Å². The van der Waals surface area contributed by atoms with E-state index in [1.165, 1.54) is 0 Å². The van der Waals surface area contributed by atoms with E-state index in [1.54, 1.807) is 20.8 Å². The van der Waals surface area contributed by atoms with Crippen LogP contribution in [0.5, 0.6) is 0 Å². The smallest absolute Gasteiger partial charge is 0.319 e. The van der Waals surface area contributed by atoms with Gasteiger partial charge in [0, 0.05) is 0 Å². The molecular formula is C8H12O3. The molecule has 1 heterocycles. The summed E-state index contributed by atoms with van der Waals surface area (Å²) in [4.78, 5) is 21.9. The van der Waals surface area contributed by atoms with E-state index < -0.39 is 17.4 Å². The Kier molecular flexibility index (Phi) is 1.74. The minimum Gasteiger partial charge on any atom is -0.393 e. The van der Waals surface area contributed by atoms with Crippen molar-refractivity contribution in [3.8, 4) is 0 Å².